The molecule has 1 aromatic rings. The summed E-state index contributed by atoms with van der Waals surface area (Å²) >= 11 is 5.47. The summed E-state index contributed by atoms with van der Waals surface area (Å²) < 4.78 is 37.1. The molecule has 0 amide bonds. The predicted molar refractivity (Wildman–Crippen MR) is 41.1 cm³/mol. The first-order valence-electron chi connectivity index (χ1n) is 3.26. The lowest BCUT2D eigenvalue weighted by Crippen LogP contribution is -1.93. The Kier molecular flexibility index (Phi) is 2.62. The van der Waals surface area contributed by atoms with Gasteiger partial charge in [0.25, 0.3) is 6.43 Å². The SMILES string of the molecule is Cc1cc(Cl)cc(C(F)F)c1F. The first-order valence-corrected chi connectivity index (χ1v) is 3.64. The molecule has 1 aromatic carbocycles. The van der Waals surface area contributed by atoms with Gasteiger partial charge in [-0.2, -0.15) is 0 Å². The van der Waals surface area contributed by atoms with Gasteiger partial charge in [0.15, 0.2) is 0 Å². The molecule has 0 saturated heterocycles. The van der Waals surface area contributed by atoms with Gasteiger partial charge >= 0.3 is 0 Å². The second-order valence-electron chi connectivity index (χ2n) is 2.43. The fourth-order valence-electron chi connectivity index (χ4n) is 0.910. The molecule has 0 unspecified atom stereocenters. The summed E-state index contributed by atoms with van der Waals surface area (Å²) in [7, 11) is 0. The molecule has 0 fully saturated rings. The van der Waals surface area contributed by atoms with Crippen LogP contribution < -0.4 is 0 Å². The summed E-state index contributed by atoms with van der Waals surface area (Å²) in [5, 5.41) is 0.129. The Balaban J connectivity index is 3.28. The van der Waals surface area contributed by atoms with Crippen molar-refractivity contribution in [3.05, 3.63) is 34.1 Å². The minimum absolute atomic E-state index is 0.129. The van der Waals surface area contributed by atoms with Crippen molar-refractivity contribution in [3.63, 3.8) is 0 Å². The normalized spacial score (nSPS) is 10.8. The minimum atomic E-state index is -2.82. The van der Waals surface area contributed by atoms with Crippen LogP contribution in [0.15, 0.2) is 12.1 Å². The lowest BCUT2D eigenvalue weighted by atomic mass is 10.1. The van der Waals surface area contributed by atoms with Crippen LogP contribution in [0.25, 0.3) is 0 Å². The summed E-state index contributed by atoms with van der Waals surface area (Å²) in [6, 6.07) is 2.25. The van der Waals surface area contributed by atoms with Gasteiger partial charge in [-0.15, -0.1) is 0 Å². The van der Waals surface area contributed by atoms with Crippen molar-refractivity contribution in [1.82, 2.24) is 0 Å². The number of rotatable bonds is 1. The molecule has 12 heavy (non-hydrogen) atoms. The molecule has 0 saturated carbocycles. The van der Waals surface area contributed by atoms with Gasteiger partial charge in [-0.25, -0.2) is 13.2 Å². The summed E-state index contributed by atoms with van der Waals surface area (Å²) in [5.74, 6) is -0.880. The highest BCUT2D eigenvalue weighted by molar-refractivity contribution is 6.30. The molecule has 0 aliphatic heterocycles. The Hall–Kier alpha value is -0.700. The number of aryl methyl sites for hydroxylation is 1. The summed E-state index contributed by atoms with van der Waals surface area (Å²) in [6.45, 7) is 1.40. The maximum Gasteiger partial charge on any atom is 0.266 e. The van der Waals surface area contributed by atoms with Crippen molar-refractivity contribution < 1.29 is 13.2 Å². The molecule has 0 radical (unpaired) electrons. The molecule has 0 atom stereocenters. The highest BCUT2D eigenvalue weighted by Crippen LogP contribution is 2.27. The van der Waals surface area contributed by atoms with Crippen LogP contribution in [-0.2, 0) is 0 Å². The van der Waals surface area contributed by atoms with E-state index in [-0.39, 0.29) is 10.6 Å². The van der Waals surface area contributed by atoms with Crippen LogP contribution in [-0.4, -0.2) is 0 Å². The van der Waals surface area contributed by atoms with Crippen LogP contribution in [0.5, 0.6) is 0 Å². The average Bonchev–Trinajstić information content (AvgIpc) is 1.96. The summed E-state index contributed by atoms with van der Waals surface area (Å²) in [4.78, 5) is 0. The predicted octanol–water partition coefficient (Wildman–Crippen LogP) is 3.73. The van der Waals surface area contributed by atoms with Crippen molar-refractivity contribution >= 4 is 11.6 Å². The maximum absolute atomic E-state index is 12.9. The second-order valence-corrected chi connectivity index (χ2v) is 2.86. The van der Waals surface area contributed by atoms with Gasteiger partial charge in [0.05, 0.1) is 5.56 Å². The van der Waals surface area contributed by atoms with E-state index >= 15 is 0 Å². The summed E-state index contributed by atoms with van der Waals surface area (Å²) in [6.07, 6.45) is -2.82. The smallest absolute Gasteiger partial charge is 0.206 e. The molecule has 0 heterocycles. The molecular formula is C8H6ClF3. The van der Waals surface area contributed by atoms with Gasteiger partial charge in [-0.1, -0.05) is 11.6 Å². The molecule has 0 N–H and O–H groups in total. The molecule has 66 valence electrons. The standard InChI is InChI=1S/C8H6ClF3/c1-4-2-5(9)3-6(7(4)10)8(11)12/h2-3,8H,1H3. The molecular weight excluding hydrogens is 189 g/mol. The van der Waals surface area contributed by atoms with Crippen molar-refractivity contribution in [2.45, 2.75) is 13.3 Å². The number of benzene rings is 1. The largest absolute Gasteiger partial charge is 0.266 e. The fraction of sp³-hybridized carbons (Fsp3) is 0.250. The maximum atomic E-state index is 12.9. The third kappa shape index (κ3) is 1.72. The Morgan fingerprint density at radius 2 is 1.92 bits per heavy atom. The topological polar surface area (TPSA) is 0 Å². The molecule has 0 aromatic heterocycles. The third-order valence-electron chi connectivity index (χ3n) is 1.48. The lowest BCUT2D eigenvalue weighted by Gasteiger charge is -2.04. The summed E-state index contributed by atoms with van der Waals surface area (Å²) in [5.41, 5.74) is -0.502. The van der Waals surface area contributed by atoms with Crippen molar-refractivity contribution in [3.8, 4) is 0 Å². The molecule has 0 aliphatic rings. The van der Waals surface area contributed by atoms with Gasteiger partial charge < -0.3 is 0 Å². The fourth-order valence-corrected chi connectivity index (χ4v) is 1.19. The second kappa shape index (κ2) is 3.35. The van der Waals surface area contributed by atoms with Crippen LogP contribution >= 0.6 is 11.6 Å². The van der Waals surface area contributed by atoms with Gasteiger partial charge in [0.2, 0.25) is 0 Å². The monoisotopic (exact) mass is 194 g/mol. The van der Waals surface area contributed by atoms with Gasteiger partial charge in [-0.05, 0) is 24.6 Å². The molecule has 0 spiro atoms. The highest BCUT2D eigenvalue weighted by Gasteiger charge is 2.15. The Morgan fingerprint density at radius 1 is 1.33 bits per heavy atom. The van der Waals surface area contributed by atoms with Crippen LogP contribution in [0.4, 0.5) is 13.2 Å². The van der Waals surface area contributed by atoms with Crippen molar-refractivity contribution in [2.75, 3.05) is 0 Å². The van der Waals surface area contributed by atoms with E-state index in [1.54, 1.807) is 0 Å². The van der Waals surface area contributed by atoms with E-state index in [4.69, 9.17) is 11.6 Å². The highest BCUT2D eigenvalue weighted by atomic mass is 35.5. The number of hydrogen-bond acceptors (Lipinski definition) is 0. The molecule has 0 bridgehead atoms. The van der Waals surface area contributed by atoms with E-state index in [1.165, 1.54) is 13.0 Å². The van der Waals surface area contributed by atoms with Crippen LogP contribution in [0.3, 0.4) is 0 Å². The molecule has 4 heteroatoms. The van der Waals surface area contributed by atoms with Gasteiger partial charge in [0.1, 0.15) is 5.82 Å². The quantitative estimate of drug-likeness (QED) is 0.639. The first kappa shape index (κ1) is 9.39. The van der Waals surface area contributed by atoms with E-state index in [1.807, 2.05) is 0 Å². The zero-order valence-corrected chi connectivity index (χ0v) is 7.00. The third-order valence-corrected chi connectivity index (χ3v) is 1.70. The molecule has 1 rings (SSSR count). The number of alkyl halides is 2. The Morgan fingerprint density at radius 3 is 2.42 bits per heavy atom. The van der Waals surface area contributed by atoms with E-state index in [2.05, 4.69) is 0 Å². The van der Waals surface area contributed by atoms with Gasteiger partial charge in [0, 0.05) is 5.02 Å². The van der Waals surface area contributed by atoms with Crippen LogP contribution in [0, 0.1) is 12.7 Å². The van der Waals surface area contributed by atoms with Crippen molar-refractivity contribution in [1.29, 1.82) is 0 Å². The molecule has 0 nitrogen and oxygen atoms in total. The van der Waals surface area contributed by atoms with E-state index < -0.39 is 17.8 Å². The Bertz CT molecular complexity index is 297. The minimum Gasteiger partial charge on any atom is -0.206 e. The number of hydrogen-bond donors (Lipinski definition) is 0. The van der Waals surface area contributed by atoms with Crippen LogP contribution in [0.1, 0.15) is 17.6 Å². The van der Waals surface area contributed by atoms with E-state index in [0.29, 0.717) is 0 Å². The van der Waals surface area contributed by atoms with Gasteiger partial charge in [-0.3, -0.25) is 0 Å². The zero-order chi connectivity index (χ0) is 9.30. The lowest BCUT2D eigenvalue weighted by molar-refractivity contribution is 0.146. The first-order chi connectivity index (χ1) is 5.52. The Labute approximate surface area is 73.0 Å². The average molecular weight is 195 g/mol. The van der Waals surface area contributed by atoms with Crippen molar-refractivity contribution in [2.24, 2.45) is 0 Å². The number of halogens is 4. The van der Waals surface area contributed by atoms with E-state index in [9.17, 15) is 13.2 Å². The zero-order valence-electron chi connectivity index (χ0n) is 6.24. The molecule has 0 aliphatic carbocycles. The van der Waals surface area contributed by atoms with Crippen LogP contribution in [0.2, 0.25) is 5.02 Å². The van der Waals surface area contributed by atoms with E-state index in [0.717, 1.165) is 6.07 Å².